The highest BCUT2D eigenvalue weighted by Crippen LogP contribution is 2.17. The monoisotopic (exact) mass is 275 g/mol. The molecule has 0 aromatic heterocycles. The van der Waals surface area contributed by atoms with Gasteiger partial charge in [0.1, 0.15) is 10.7 Å². The predicted octanol–water partition coefficient (Wildman–Crippen LogP) is -0.178. The van der Waals surface area contributed by atoms with E-state index in [1.807, 2.05) is 4.72 Å². The SMILES string of the molecule is CCNC(=O)CNS(=O)(=O)c1cc(N)ccc1F. The first-order valence-corrected chi connectivity index (χ1v) is 6.66. The van der Waals surface area contributed by atoms with Crippen LogP contribution in [0.5, 0.6) is 0 Å². The van der Waals surface area contributed by atoms with Crippen molar-refractivity contribution < 1.29 is 17.6 Å². The smallest absolute Gasteiger partial charge is 0.244 e. The summed E-state index contributed by atoms with van der Waals surface area (Å²) >= 11 is 0. The Balaban J connectivity index is 2.87. The minimum Gasteiger partial charge on any atom is -0.399 e. The lowest BCUT2D eigenvalue weighted by Gasteiger charge is -2.08. The molecule has 8 heteroatoms. The Labute approximate surface area is 104 Å². The molecule has 0 radical (unpaired) electrons. The highest BCUT2D eigenvalue weighted by atomic mass is 32.2. The minimum atomic E-state index is -4.09. The zero-order chi connectivity index (χ0) is 13.8. The number of nitrogen functional groups attached to an aromatic ring is 1. The van der Waals surface area contributed by atoms with Gasteiger partial charge in [0.05, 0.1) is 6.54 Å². The van der Waals surface area contributed by atoms with Gasteiger partial charge in [0.15, 0.2) is 0 Å². The third-order valence-electron chi connectivity index (χ3n) is 2.04. The van der Waals surface area contributed by atoms with Crippen LogP contribution in [0.3, 0.4) is 0 Å². The molecule has 0 aliphatic heterocycles. The van der Waals surface area contributed by atoms with Crippen molar-refractivity contribution in [3.63, 3.8) is 0 Å². The quantitative estimate of drug-likeness (QED) is 0.649. The maximum absolute atomic E-state index is 13.4. The van der Waals surface area contributed by atoms with Crippen molar-refractivity contribution in [1.29, 1.82) is 0 Å². The fraction of sp³-hybridized carbons (Fsp3) is 0.300. The van der Waals surface area contributed by atoms with Crippen molar-refractivity contribution >= 4 is 21.6 Å². The second kappa shape index (κ2) is 5.78. The normalized spacial score (nSPS) is 11.2. The fourth-order valence-corrected chi connectivity index (χ4v) is 2.32. The van der Waals surface area contributed by atoms with E-state index in [2.05, 4.69) is 5.32 Å². The van der Waals surface area contributed by atoms with Crippen LogP contribution in [0.2, 0.25) is 0 Å². The first-order chi connectivity index (χ1) is 8.36. The van der Waals surface area contributed by atoms with Gasteiger partial charge in [-0.3, -0.25) is 4.79 Å². The van der Waals surface area contributed by atoms with Gasteiger partial charge < -0.3 is 11.1 Å². The van der Waals surface area contributed by atoms with Crippen LogP contribution in [-0.4, -0.2) is 27.4 Å². The number of carbonyl (C=O) groups is 1. The Morgan fingerprint density at radius 3 is 2.72 bits per heavy atom. The van der Waals surface area contributed by atoms with Crippen LogP contribution >= 0.6 is 0 Å². The van der Waals surface area contributed by atoms with Gasteiger partial charge in [-0.2, -0.15) is 0 Å². The van der Waals surface area contributed by atoms with E-state index in [1.165, 1.54) is 6.07 Å². The number of anilines is 1. The summed E-state index contributed by atoms with van der Waals surface area (Å²) in [6.07, 6.45) is 0. The molecule has 0 aliphatic rings. The Kier molecular flexibility index (Phi) is 4.62. The Morgan fingerprint density at radius 1 is 1.44 bits per heavy atom. The molecule has 1 aromatic rings. The van der Waals surface area contributed by atoms with Crippen LogP contribution in [0.25, 0.3) is 0 Å². The van der Waals surface area contributed by atoms with Gasteiger partial charge in [-0.05, 0) is 25.1 Å². The number of carbonyl (C=O) groups excluding carboxylic acids is 1. The van der Waals surface area contributed by atoms with Crippen LogP contribution in [0.15, 0.2) is 23.1 Å². The van der Waals surface area contributed by atoms with E-state index < -0.39 is 33.2 Å². The molecule has 0 saturated heterocycles. The molecule has 6 nitrogen and oxygen atoms in total. The Bertz CT molecular complexity index is 545. The van der Waals surface area contributed by atoms with Gasteiger partial charge in [0.2, 0.25) is 15.9 Å². The standard InChI is InChI=1S/C10H14FN3O3S/c1-2-13-10(15)6-14-18(16,17)9-5-7(12)3-4-8(9)11/h3-5,14H,2,6,12H2,1H3,(H,13,15). The third-order valence-corrected chi connectivity index (χ3v) is 3.46. The second-order valence-electron chi connectivity index (χ2n) is 3.47. The molecule has 1 amide bonds. The van der Waals surface area contributed by atoms with E-state index in [1.54, 1.807) is 6.92 Å². The molecule has 0 fully saturated rings. The zero-order valence-electron chi connectivity index (χ0n) is 9.73. The minimum absolute atomic E-state index is 0.120. The maximum atomic E-state index is 13.4. The number of nitrogens with one attached hydrogen (secondary N) is 2. The van der Waals surface area contributed by atoms with Crippen molar-refractivity contribution in [3.05, 3.63) is 24.0 Å². The number of likely N-dealkylation sites (N-methyl/N-ethyl adjacent to an activating group) is 1. The number of benzene rings is 1. The molecule has 100 valence electrons. The summed E-state index contributed by atoms with van der Waals surface area (Å²) in [6, 6.07) is 3.20. The average molecular weight is 275 g/mol. The molecule has 4 N–H and O–H groups in total. The van der Waals surface area contributed by atoms with Gasteiger partial charge in [-0.15, -0.1) is 0 Å². The van der Waals surface area contributed by atoms with Crippen LogP contribution in [-0.2, 0) is 14.8 Å². The third kappa shape index (κ3) is 3.67. The summed E-state index contributed by atoms with van der Waals surface area (Å²) in [5.74, 6) is -1.42. The van der Waals surface area contributed by atoms with Gasteiger partial charge >= 0.3 is 0 Å². The summed E-state index contributed by atoms with van der Waals surface area (Å²) in [5, 5.41) is 2.41. The lowest BCUT2D eigenvalue weighted by atomic mass is 10.3. The van der Waals surface area contributed by atoms with Crippen LogP contribution in [0.4, 0.5) is 10.1 Å². The maximum Gasteiger partial charge on any atom is 0.244 e. The molecule has 18 heavy (non-hydrogen) atoms. The number of rotatable bonds is 5. The molecule has 0 unspecified atom stereocenters. The molecule has 0 bridgehead atoms. The summed E-state index contributed by atoms with van der Waals surface area (Å²) in [6.45, 7) is 1.63. The number of halogens is 1. The van der Waals surface area contributed by atoms with Gasteiger partial charge in [0, 0.05) is 12.2 Å². The fourth-order valence-electron chi connectivity index (χ4n) is 1.22. The van der Waals surface area contributed by atoms with Gasteiger partial charge in [-0.1, -0.05) is 0 Å². The molecule has 0 heterocycles. The lowest BCUT2D eigenvalue weighted by molar-refractivity contribution is -0.119. The molecule has 0 aliphatic carbocycles. The van der Waals surface area contributed by atoms with E-state index in [0.717, 1.165) is 12.1 Å². The summed E-state index contributed by atoms with van der Waals surface area (Å²) in [4.78, 5) is 10.5. The van der Waals surface area contributed by atoms with E-state index in [0.29, 0.717) is 6.54 Å². The predicted molar refractivity (Wildman–Crippen MR) is 64.7 cm³/mol. The summed E-state index contributed by atoms with van der Waals surface area (Å²) in [5.41, 5.74) is 5.51. The zero-order valence-corrected chi connectivity index (χ0v) is 10.6. The highest BCUT2D eigenvalue weighted by molar-refractivity contribution is 7.89. The average Bonchev–Trinajstić information content (AvgIpc) is 2.30. The molecular formula is C10H14FN3O3S. The number of hydrogen-bond acceptors (Lipinski definition) is 4. The first kappa shape index (κ1) is 14.4. The topological polar surface area (TPSA) is 101 Å². The van der Waals surface area contributed by atoms with Crippen molar-refractivity contribution in [2.45, 2.75) is 11.8 Å². The number of nitrogens with two attached hydrogens (primary N) is 1. The highest BCUT2D eigenvalue weighted by Gasteiger charge is 2.19. The summed E-state index contributed by atoms with van der Waals surface area (Å²) < 4.78 is 38.8. The Morgan fingerprint density at radius 2 is 2.11 bits per heavy atom. The van der Waals surface area contributed by atoms with Crippen LogP contribution in [0.1, 0.15) is 6.92 Å². The van der Waals surface area contributed by atoms with Crippen LogP contribution < -0.4 is 15.8 Å². The van der Waals surface area contributed by atoms with E-state index >= 15 is 0 Å². The number of amides is 1. The molecule has 0 saturated carbocycles. The van der Waals surface area contributed by atoms with E-state index in [9.17, 15) is 17.6 Å². The van der Waals surface area contributed by atoms with Crippen molar-refractivity contribution in [2.75, 3.05) is 18.8 Å². The van der Waals surface area contributed by atoms with Crippen molar-refractivity contribution in [3.8, 4) is 0 Å². The number of hydrogen-bond donors (Lipinski definition) is 3. The first-order valence-electron chi connectivity index (χ1n) is 5.18. The largest absolute Gasteiger partial charge is 0.399 e. The van der Waals surface area contributed by atoms with E-state index in [4.69, 9.17) is 5.73 Å². The van der Waals surface area contributed by atoms with Gasteiger partial charge in [-0.25, -0.2) is 17.5 Å². The molecule has 0 spiro atoms. The molecular weight excluding hydrogens is 261 g/mol. The van der Waals surface area contributed by atoms with Crippen LogP contribution in [0, 0.1) is 5.82 Å². The lowest BCUT2D eigenvalue weighted by Crippen LogP contribution is -2.37. The molecule has 0 atom stereocenters. The molecule has 1 aromatic carbocycles. The number of sulfonamides is 1. The van der Waals surface area contributed by atoms with Crippen molar-refractivity contribution in [2.24, 2.45) is 0 Å². The van der Waals surface area contributed by atoms with Crippen molar-refractivity contribution in [1.82, 2.24) is 10.0 Å². The Hall–Kier alpha value is -1.67. The van der Waals surface area contributed by atoms with Gasteiger partial charge in [0.25, 0.3) is 0 Å². The second-order valence-corrected chi connectivity index (χ2v) is 5.20. The summed E-state index contributed by atoms with van der Waals surface area (Å²) in [7, 11) is -4.09. The van der Waals surface area contributed by atoms with E-state index in [-0.39, 0.29) is 5.69 Å². The molecule has 1 rings (SSSR count).